The van der Waals surface area contributed by atoms with E-state index in [1.807, 2.05) is 11.0 Å². The predicted octanol–water partition coefficient (Wildman–Crippen LogP) is 2.98. The lowest BCUT2D eigenvalue weighted by molar-refractivity contribution is 0.0745. The molecule has 1 fully saturated rings. The Morgan fingerprint density at radius 2 is 1.78 bits per heavy atom. The van der Waals surface area contributed by atoms with E-state index < -0.39 is 17.5 Å². The number of rotatable bonds is 3. The van der Waals surface area contributed by atoms with Crippen LogP contribution in [-0.2, 0) is 0 Å². The molecule has 1 aliphatic rings. The summed E-state index contributed by atoms with van der Waals surface area (Å²) in [5, 5.41) is 0. The molecule has 2 aromatic heterocycles. The molecule has 3 heterocycles. The minimum absolute atomic E-state index is 0.0111. The van der Waals surface area contributed by atoms with Gasteiger partial charge < -0.3 is 14.2 Å². The van der Waals surface area contributed by atoms with E-state index in [9.17, 15) is 13.6 Å². The van der Waals surface area contributed by atoms with E-state index in [4.69, 9.17) is 4.42 Å². The van der Waals surface area contributed by atoms with Crippen molar-refractivity contribution >= 4 is 11.9 Å². The van der Waals surface area contributed by atoms with Gasteiger partial charge in [0.2, 0.25) is 5.95 Å². The topological polar surface area (TPSA) is 62.5 Å². The normalized spacial score (nSPS) is 14.4. The maximum Gasteiger partial charge on any atom is 0.254 e. The number of aromatic nitrogens is 2. The predicted molar refractivity (Wildman–Crippen MR) is 94.2 cm³/mol. The van der Waals surface area contributed by atoms with E-state index in [-0.39, 0.29) is 5.56 Å². The molecule has 3 aromatic rings. The van der Waals surface area contributed by atoms with Gasteiger partial charge in [0, 0.05) is 44.0 Å². The summed E-state index contributed by atoms with van der Waals surface area (Å²) >= 11 is 0. The Balaban J connectivity index is 1.45. The average molecular weight is 370 g/mol. The summed E-state index contributed by atoms with van der Waals surface area (Å²) in [6, 6.07) is 8.22. The molecule has 1 aromatic carbocycles. The van der Waals surface area contributed by atoms with Crippen LogP contribution in [0.3, 0.4) is 0 Å². The number of hydrogen-bond donors (Lipinski definition) is 0. The van der Waals surface area contributed by atoms with Crippen molar-refractivity contribution in [3.8, 4) is 11.5 Å². The zero-order chi connectivity index (χ0) is 18.8. The monoisotopic (exact) mass is 370 g/mol. The fraction of sp³-hybridized carbons (Fsp3) is 0.211. The van der Waals surface area contributed by atoms with Gasteiger partial charge in [0.05, 0.1) is 6.26 Å². The second-order valence-electron chi connectivity index (χ2n) is 6.16. The highest BCUT2D eigenvalue weighted by molar-refractivity contribution is 5.94. The number of benzene rings is 1. The van der Waals surface area contributed by atoms with Crippen LogP contribution in [0.4, 0.5) is 14.7 Å². The largest absolute Gasteiger partial charge is 0.463 e. The highest BCUT2D eigenvalue weighted by atomic mass is 19.1. The molecular weight excluding hydrogens is 354 g/mol. The molecule has 0 spiro atoms. The first-order chi connectivity index (χ1) is 13.1. The van der Waals surface area contributed by atoms with E-state index in [0.29, 0.717) is 43.6 Å². The zero-order valence-electron chi connectivity index (χ0n) is 14.3. The zero-order valence-corrected chi connectivity index (χ0v) is 14.3. The van der Waals surface area contributed by atoms with Crippen molar-refractivity contribution in [3.63, 3.8) is 0 Å². The van der Waals surface area contributed by atoms with Gasteiger partial charge in [0.25, 0.3) is 5.91 Å². The molecule has 0 atom stereocenters. The molecule has 1 saturated heterocycles. The second-order valence-corrected chi connectivity index (χ2v) is 6.16. The number of carbonyl (C=O) groups excluding carboxylic acids is 1. The molecule has 0 unspecified atom stereocenters. The van der Waals surface area contributed by atoms with Crippen LogP contribution in [0.1, 0.15) is 10.4 Å². The summed E-state index contributed by atoms with van der Waals surface area (Å²) < 4.78 is 32.1. The minimum Gasteiger partial charge on any atom is -0.463 e. The smallest absolute Gasteiger partial charge is 0.254 e. The Hall–Kier alpha value is -3.29. The minimum atomic E-state index is -0.764. The van der Waals surface area contributed by atoms with Crippen LogP contribution >= 0.6 is 0 Å². The van der Waals surface area contributed by atoms with E-state index >= 15 is 0 Å². The van der Waals surface area contributed by atoms with Crippen molar-refractivity contribution in [1.29, 1.82) is 0 Å². The maximum absolute atomic E-state index is 13.4. The van der Waals surface area contributed by atoms with Crippen LogP contribution in [0, 0.1) is 11.6 Å². The van der Waals surface area contributed by atoms with Gasteiger partial charge in [0.1, 0.15) is 17.3 Å². The van der Waals surface area contributed by atoms with Gasteiger partial charge in [-0.25, -0.2) is 18.7 Å². The first-order valence-corrected chi connectivity index (χ1v) is 8.47. The van der Waals surface area contributed by atoms with Crippen LogP contribution < -0.4 is 4.90 Å². The molecule has 138 valence electrons. The molecular formula is C19H16F2N4O2. The van der Waals surface area contributed by atoms with Crippen LogP contribution in [-0.4, -0.2) is 47.0 Å². The Kier molecular flexibility index (Phi) is 4.53. The average Bonchev–Trinajstić information content (AvgIpc) is 3.22. The van der Waals surface area contributed by atoms with Gasteiger partial charge in [-0.3, -0.25) is 4.79 Å². The fourth-order valence-corrected chi connectivity index (χ4v) is 3.03. The first kappa shape index (κ1) is 17.1. The number of hydrogen-bond acceptors (Lipinski definition) is 5. The van der Waals surface area contributed by atoms with Gasteiger partial charge in [-0.05, 0) is 30.3 Å². The Bertz CT molecular complexity index is 934. The van der Waals surface area contributed by atoms with Gasteiger partial charge >= 0.3 is 0 Å². The maximum atomic E-state index is 13.4. The van der Waals surface area contributed by atoms with E-state index in [1.165, 1.54) is 0 Å². The second kappa shape index (κ2) is 7.14. The van der Waals surface area contributed by atoms with Crippen molar-refractivity contribution in [1.82, 2.24) is 14.9 Å². The highest BCUT2D eigenvalue weighted by Gasteiger charge is 2.24. The van der Waals surface area contributed by atoms with E-state index in [1.54, 1.807) is 29.5 Å². The molecule has 4 rings (SSSR count). The third-order valence-electron chi connectivity index (χ3n) is 4.38. The van der Waals surface area contributed by atoms with Crippen LogP contribution in [0.2, 0.25) is 0 Å². The summed E-state index contributed by atoms with van der Waals surface area (Å²) in [5.74, 6) is -0.716. The summed E-state index contributed by atoms with van der Waals surface area (Å²) in [6.07, 6.45) is 3.24. The summed E-state index contributed by atoms with van der Waals surface area (Å²) in [4.78, 5) is 24.8. The third-order valence-corrected chi connectivity index (χ3v) is 4.38. The molecule has 0 radical (unpaired) electrons. The lowest BCUT2D eigenvalue weighted by Crippen LogP contribution is -2.49. The van der Waals surface area contributed by atoms with Gasteiger partial charge in [-0.2, -0.15) is 0 Å². The fourth-order valence-electron chi connectivity index (χ4n) is 3.03. The molecule has 0 aliphatic carbocycles. The molecule has 6 nitrogen and oxygen atoms in total. The molecule has 27 heavy (non-hydrogen) atoms. The van der Waals surface area contributed by atoms with E-state index in [2.05, 4.69) is 9.97 Å². The summed E-state index contributed by atoms with van der Waals surface area (Å²) in [7, 11) is 0. The number of anilines is 1. The van der Waals surface area contributed by atoms with Gasteiger partial charge in [-0.15, -0.1) is 0 Å². The number of carbonyl (C=O) groups is 1. The molecule has 0 bridgehead atoms. The number of halogens is 2. The quantitative estimate of drug-likeness (QED) is 0.709. The number of amides is 1. The molecule has 8 heteroatoms. The molecule has 0 N–H and O–H groups in total. The lowest BCUT2D eigenvalue weighted by Gasteiger charge is -2.34. The standard InChI is InChI=1S/C19H16F2N4O2/c20-14-10-13(11-15(21)12-14)18(26)24-5-7-25(8-6-24)19-22-4-3-16(23-19)17-2-1-9-27-17/h1-4,9-12H,5-8H2. The Morgan fingerprint density at radius 3 is 2.44 bits per heavy atom. The van der Waals surface area contributed by atoms with Crippen molar-refractivity contribution in [2.75, 3.05) is 31.1 Å². The van der Waals surface area contributed by atoms with Crippen molar-refractivity contribution < 1.29 is 18.0 Å². The van der Waals surface area contributed by atoms with Gasteiger partial charge in [0.15, 0.2) is 5.76 Å². The lowest BCUT2D eigenvalue weighted by atomic mass is 10.1. The Labute approximate surface area is 154 Å². The van der Waals surface area contributed by atoms with Crippen LogP contribution in [0.15, 0.2) is 53.3 Å². The number of furan rings is 1. The molecule has 1 aliphatic heterocycles. The van der Waals surface area contributed by atoms with Crippen molar-refractivity contribution in [2.24, 2.45) is 0 Å². The third kappa shape index (κ3) is 3.64. The molecule has 1 amide bonds. The van der Waals surface area contributed by atoms with Crippen LogP contribution in [0.25, 0.3) is 11.5 Å². The highest BCUT2D eigenvalue weighted by Crippen LogP contribution is 2.20. The van der Waals surface area contributed by atoms with E-state index in [0.717, 1.165) is 18.2 Å². The van der Waals surface area contributed by atoms with Crippen molar-refractivity contribution in [3.05, 3.63) is 66.1 Å². The number of piperazine rings is 1. The first-order valence-electron chi connectivity index (χ1n) is 8.47. The summed E-state index contributed by atoms with van der Waals surface area (Å²) in [5.41, 5.74) is 0.691. The SMILES string of the molecule is O=C(c1cc(F)cc(F)c1)N1CCN(c2nccc(-c3ccco3)n2)CC1. The van der Waals surface area contributed by atoms with Gasteiger partial charge in [-0.1, -0.05) is 0 Å². The summed E-state index contributed by atoms with van der Waals surface area (Å²) in [6.45, 7) is 1.85. The molecule has 0 saturated carbocycles. The van der Waals surface area contributed by atoms with Crippen LogP contribution in [0.5, 0.6) is 0 Å². The number of nitrogens with zero attached hydrogens (tertiary/aromatic N) is 4. The van der Waals surface area contributed by atoms with Crippen molar-refractivity contribution in [2.45, 2.75) is 0 Å². The Morgan fingerprint density at radius 1 is 1.04 bits per heavy atom.